The van der Waals surface area contributed by atoms with Crippen LogP contribution in [0.4, 0.5) is 5.69 Å². The lowest BCUT2D eigenvalue weighted by Crippen LogP contribution is -2.53. The summed E-state index contributed by atoms with van der Waals surface area (Å²) in [5.41, 5.74) is 2.63. The molecule has 2 amide bonds. The first-order valence-corrected chi connectivity index (χ1v) is 16.9. The molecule has 1 N–H and O–H groups in total. The Morgan fingerprint density at radius 3 is 1.93 bits per heavy atom. The second kappa shape index (κ2) is 15.4. The Balaban J connectivity index is 1.83. The van der Waals surface area contributed by atoms with E-state index in [2.05, 4.69) is 5.32 Å². The number of nitrogens with one attached hydrogen (secondary N) is 1. The van der Waals surface area contributed by atoms with Crippen LogP contribution in [0.3, 0.4) is 0 Å². The molecule has 0 bridgehead atoms. The largest absolute Gasteiger partial charge is 0.355 e. The van der Waals surface area contributed by atoms with Crippen molar-refractivity contribution in [2.45, 2.75) is 50.6 Å². The first kappa shape index (κ1) is 34.0. The van der Waals surface area contributed by atoms with Crippen molar-refractivity contribution < 1.29 is 18.0 Å². The molecule has 1 unspecified atom stereocenters. The molecule has 7 nitrogen and oxygen atoms in total. The standard InChI is InChI=1S/C35H37Cl2N3O4S/c1-4-38-35(42)33(22-26-12-7-5-8-13-26)39(23-30-31(36)16-11-17-32(30)37)34(41)24-40(28-20-18-27(19-21-28)25(2)3)45(43,44)29-14-9-6-10-15-29/h5-21,25,33H,4,22-24H2,1-3H3,(H,38,42). The van der Waals surface area contributed by atoms with Crippen molar-refractivity contribution in [1.82, 2.24) is 10.2 Å². The molecule has 1 atom stereocenters. The topological polar surface area (TPSA) is 86.8 Å². The molecule has 4 aromatic rings. The molecule has 0 saturated heterocycles. The summed E-state index contributed by atoms with van der Waals surface area (Å²) < 4.78 is 29.3. The molecule has 10 heteroatoms. The summed E-state index contributed by atoms with van der Waals surface area (Å²) in [4.78, 5) is 29.5. The molecule has 4 aromatic carbocycles. The van der Waals surface area contributed by atoms with Gasteiger partial charge >= 0.3 is 0 Å². The molecule has 0 aromatic heterocycles. The fourth-order valence-electron chi connectivity index (χ4n) is 4.97. The van der Waals surface area contributed by atoms with Crippen LogP contribution in [-0.2, 0) is 32.6 Å². The third-order valence-corrected chi connectivity index (χ3v) is 9.97. The van der Waals surface area contributed by atoms with Crippen LogP contribution in [0, 0.1) is 0 Å². The van der Waals surface area contributed by atoms with E-state index in [0.29, 0.717) is 27.8 Å². The summed E-state index contributed by atoms with van der Waals surface area (Å²) in [6.07, 6.45) is 0.189. The minimum absolute atomic E-state index is 0.0380. The average Bonchev–Trinajstić information content (AvgIpc) is 3.03. The summed E-state index contributed by atoms with van der Waals surface area (Å²) in [6.45, 7) is 5.55. The molecule has 0 aliphatic heterocycles. The van der Waals surface area contributed by atoms with Crippen LogP contribution in [0.1, 0.15) is 43.4 Å². The normalized spacial score (nSPS) is 12.0. The molecule has 0 aliphatic carbocycles. The highest BCUT2D eigenvalue weighted by molar-refractivity contribution is 7.92. The van der Waals surface area contributed by atoms with Gasteiger partial charge in [0.05, 0.1) is 10.6 Å². The van der Waals surface area contributed by atoms with Crippen LogP contribution in [0.2, 0.25) is 10.0 Å². The van der Waals surface area contributed by atoms with Gasteiger partial charge < -0.3 is 10.2 Å². The maximum absolute atomic E-state index is 14.5. The van der Waals surface area contributed by atoms with E-state index in [1.54, 1.807) is 55.5 Å². The quantitative estimate of drug-likeness (QED) is 0.165. The predicted octanol–water partition coefficient (Wildman–Crippen LogP) is 7.09. The van der Waals surface area contributed by atoms with Crippen molar-refractivity contribution in [2.24, 2.45) is 0 Å². The average molecular weight is 667 g/mol. The van der Waals surface area contributed by atoms with Gasteiger partial charge in [-0.2, -0.15) is 0 Å². The monoisotopic (exact) mass is 665 g/mol. The van der Waals surface area contributed by atoms with Gasteiger partial charge in [-0.25, -0.2) is 8.42 Å². The second-order valence-electron chi connectivity index (χ2n) is 10.9. The van der Waals surface area contributed by atoms with Crippen LogP contribution >= 0.6 is 23.2 Å². The van der Waals surface area contributed by atoms with Gasteiger partial charge in [-0.1, -0.05) is 104 Å². The van der Waals surface area contributed by atoms with Crippen molar-refractivity contribution in [3.63, 3.8) is 0 Å². The number of nitrogens with zero attached hydrogens (tertiary/aromatic N) is 2. The third kappa shape index (κ3) is 8.45. The number of rotatable bonds is 13. The minimum Gasteiger partial charge on any atom is -0.355 e. The van der Waals surface area contributed by atoms with Crippen LogP contribution in [0.5, 0.6) is 0 Å². The molecule has 45 heavy (non-hydrogen) atoms. The zero-order valence-corrected chi connectivity index (χ0v) is 27.8. The zero-order valence-electron chi connectivity index (χ0n) is 25.5. The van der Waals surface area contributed by atoms with E-state index in [-0.39, 0.29) is 29.7 Å². The van der Waals surface area contributed by atoms with Crippen molar-refractivity contribution in [1.29, 1.82) is 0 Å². The van der Waals surface area contributed by atoms with Crippen LogP contribution < -0.4 is 9.62 Å². The summed E-state index contributed by atoms with van der Waals surface area (Å²) in [5, 5.41) is 3.50. The Kier molecular flexibility index (Phi) is 11.7. The van der Waals surface area contributed by atoms with Gasteiger partial charge in [0.15, 0.2) is 0 Å². The van der Waals surface area contributed by atoms with Crippen molar-refractivity contribution >= 4 is 50.7 Å². The van der Waals surface area contributed by atoms with Crippen molar-refractivity contribution in [3.8, 4) is 0 Å². The predicted molar refractivity (Wildman–Crippen MR) is 181 cm³/mol. The van der Waals surface area contributed by atoms with E-state index in [4.69, 9.17) is 23.2 Å². The Hall–Kier alpha value is -3.85. The number of amides is 2. The highest BCUT2D eigenvalue weighted by Gasteiger charge is 2.35. The maximum atomic E-state index is 14.5. The highest BCUT2D eigenvalue weighted by Crippen LogP contribution is 2.29. The number of carbonyl (C=O) groups is 2. The smallest absolute Gasteiger partial charge is 0.264 e. The number of hydrogen-bond donors (Lipinski definition) is 1. The molecule has 0 fully saturated rings. The highest BCUT2D eigenvalue weighted by atomic mass is 35.5. The lowest BCUT2D eigenvalue weighted by atomic mass is 10.0. The fraction of sp³-hybridized carbons (Fsp3) is 0.257. The van der Waals surface area contributed by atoms with Crippen molar-refractivity contribution in [3.05, 3.63) is 130 Å². The SMILES string of the molecule is CCNC(=O)C(Cc1ccccc1)N(Cc1c(Cl)cccc1Cl)C(=O)CN(c1ccc(C(C)C)cc1)S(=O)(=O)c1ccccc1. The molecule has 0 spiro atoms. The fourth-order valence-corrected chi connectivity index (χ4v) is 6.93. The Morgan fingerprint density at radius 1 is 0.800 bits per heavy atom. The van der Waals surface area contributed by atoms with Crippen LogP contribution in [-0.4, -0.2) is 44.3 Å². The van der Waals surface area contributed by atoms with Gasteiger partial charge in [0.2, 0.25) is 11.8 Å². The lowest BCUT2D eigenvalue weighted by molar-refractivity contribution is -0.140. The molecule has 4 rings (SSSR count). The van der Waals surface area contributed by atoms with Gasteiger partial charge in [-0.05, 0) is 60.4 Å². The van der Waals surface area contributed by atoms with E-state index >= 15 is 0 Å². The van der Waals surface area contributed by atoms with Crippen LogP contribution in [0.15, 0.2) is 108 Å². The van der Waals surface area contributed by atoms with Gasteiger partial charge in [-0.3, -0.25) is 13.9 Å². The number of carbonyl (C=O) groups excluding carboxylic acids is 2. The van der Waals surface area contributed by atoms with Gasteiger partial charge in [0.25, 0.3) is 10.0 Å². The first-order valence-electron chi connectivity index (χ1n) is 14.7. The first-order chi connectivity index (χ1) is 21.5. The van der Waals surface area contributed by atoms with Gasteiger partial charge in [0.1, 0.15) is 12.6 Å². The zero-order chi connectivity index (χ0) is 32.6. The molecule has 236 valence electrons. The lowest BCUT2D eigenvalue weighted by Gasteiger charge is -2.34. The molecule has 0 aliphatic rings. The van der Waals surface area contributed by atoms with E-state index < -0.39 is 28.5 Å². The van der Waals surface area contributed by atoms with E-state index in [1.807, 2.05) is 56.3 Å². The number of benzene rings is 4. The Morgan fingerprint density at radius 2 is 1.38 bits per heavy atom. The summed E-state index contributed by atoms with van der Waals surface area (Å²) in [5.74, 6) is -0.742. The number of likely N-dealkylation sites (N-methyl/N-ethyl adjacent to an activating group) is 1. The number of sulfonamides is 1. The number of anilines is 1. The molecule has 0 radical (unpaired) electrons. The Bertz CT molecular complexity index is 1680. The summed E-state index contributed by atoms with van der Waals surface area (Å²) in [7, 11) is -4.19. The minimum atomic E-state index is -4.19. The van der Waals surface area contributed by atoms with E-state index in [9.17, 15) is 18.0 Å². The second-order valence-corrected chi connectivity index (χ2v) is 13.6. The van der Waals surface area contributed by atoms with Crippen LogP contribution in [0.25, 0.3) is 0 Å². The number of hydrogen-bond acceptors (Lipinski definition) is 4. The molecular weight excluding hydrogens is 629 g/mol. The molecular formula is C35H37Cl2N3O4S. The summed E-state index contributed by atoms with van der Waals surface area (Å²) >= 11 is 13.1. The Labute approximate surface area is 275 Å². The van der Waals surface area contributed by atoms with Gasteiger partial charge in [0, 0.05) is 35.1 Å². The van der Waals surface area contributed by atoms with Gasteiger partial charge in [-0.15, -0.1) is 0 Å². The maximum Gasteiger partial charge on any atom is 0.264 e. The number of halogens is 2. The molecule has 0 heterocycles. The van der Waals surface area contributed by atoms with E-state index in [1.165, 1.54) is 17.0 Å². The van der Waals surface area contributed by atoms with Crippen molar-refractivity contribution in [2.75, 3.05) is 17.4 Å². The third-order valence-electron chi connectivity index (χ3n) is 7.47. The van der Waals surface area contributed by atoms with E-state index in [0.717, 1.165) is 15.4 Å². The summed E-state index contributed by atoms with van der Waals surface area (Å²) in [6, 6.07) is 28.4. The molecule has 0 saturated carbocycles.